The summed E-state index contributed by atoms with van der Waals surface area (Å²) in [6, 6.07) is 9.45. The van der Waals surface area contributed by atoms with Crippen molar-refractivity contribution in [2.75, 3.05) is 0 Å². The fourth-order valence-corrected chi connectivity index (χ4v) is 4.14. The maximum Gasteiger partial charge on any atom is 0.332 e. The predicted molar refractivity (Wildman–Crippen MR) is 123 cm³/mol. The number of nitrogens with zero attached hydrogens (tertiary/aromatic N) is 5. The second kappa shape index (κ2) is 8.49. The number of hydrogen-bond donors (Lipinski definition) is 1. The van der Waals surface area contributed by atoms with Crippen LogP contribution >= 0.6 is 0 Å². The third-order valence-corrected chi connectivity index (χ3v) is 5.83. The molecule has 0 saturated carbocycles. The van der Waals surface area contributed by atoms with Crippen LogP contribution in [0.2, 0.25) is 0 Å². The number of aryl methyl sites for hydroxylation is 1. The Hall–Kier alpha value is -3.62. The van der Waals surface area contributed by atoms with E-state index in [-0.39, 0.29) is 47.0 Å². The molecule has 32 heavy (non-hydrogen) atoms. The molecule has 0 spiro atoms. The number of aromatic nitrogens is 5. The van der Waals surface area contributed by atoms with Crippen LogP contribution in [0.1, 0.15) is 44.7 Å². The number of aromatic hydroxyl groups is 1. The zero-order valence-corrected chi connectivity index (χ0v) is 18.5. The van der Waals surface area contributed by atoms with E-state index in [0.29, 0.717) is 19.4 Å². The first kappa shape index (κ1) is 21.6. The van der Waals surface area contributed by atoms with Crippen molar-refractivity contribution in [1.29, 1.82) is 0 Å². The molecule has 3 aromatic heterocycles. The monoisotopic (exact) mass is 437 g/mol. The lowest BCUT2D eigenvalue weighted by Gasteiger charge is -2.13. The molecule has 0 atom stereocenters. The Kier molecular flexibility index (Phi) is 5.73. The van der Waals surface area contributed by atoms with Gasteiger partial charge in [0.1, 0.15) is 0 Å². The quantitative estimate of drug-likeness (QED) is 0.477. The maximum absolute atomic E-state index is 13.4. The highest BCUT2D eigenvalue weighted by molar-refractivity contribution is 5.76. The average molecular weight is 438 g/mol. The van der Waals surface area contributed by atoms with Gasteiger partial charge in [0, 0.05) is 13.1 Å². The molecule has 1 aromatic carbocycles. The van der Waals surface area contributed by atoms with Crippen LogP contribution < -0.4 is 16.8 Å². The van der Waals surface area contributed by atoms with Crippen molar-refractivity contribution in [2.45, 2.75) is 59.7 Å². The van der Waals surface area contributed by atoms with Crippen molar-refractivity contribution in [3.63, 3.8) is 0 Å². The SMILES string of the molecule is CCCCc1c(O)n2c3c(=O)n(CC)c(=O)n(CC)c3nc2n(Cc2ccccc2)c1=O. The standard InChI is InChI=1S/C23H27N5O4/c1-4-7-13-16-19(29)27(14-15-11-9-8-10-12-15)22-24-18-17(28(22)20(16)30)21(31)26(6-3)23(32)25(18)5-2/h8-12,30H,4-7,13-14H2,1-3H3. The Balaban J connectivity index is 2.19. The molecule has 4 rings (SSSR count). The highest BCUT2D eigenvalue weighted by Gasteiger charge is 2.24. The zero-order chi connectivity index (χ0) is 23.0. The molecule has 9 nitrogen and oxygen atoms in total. The van der Waals surface area contributed by atoms with Gasteiger partial charge in [-0.2, -0.15) is 4.98 Å². The molecule has 0 amide bonds. The summed E-state index contributed by atoms with van der Waals surface area (Å²) in [7, 11) is 0. The van der Waals surface area contributed by atoms with Gasteiger partial charge in [-0.25, -0.2) is 9.20 Å². The summed E-state index contributed by atoms with van der Waals surface area (Å²) in [6.07, 6.45) is 1.93. The highest BCUT2D eigenvalue weighted by Crippen LogP contribution is 2.23. The van der Waals surface area contributed by atoms with Crippen LogP contribution in [0.3, 0.4) is 0 Å². The van der Waals surface area contributed by atoms with Crippen molar-refractivity contribution in [3.05, 3.63) is 72.7 Å². The van der Waals surface area contributed by atoms with Crippen LogP contribution in [0, 0.1) is 0 Å². The van der Waals surface area contributed by atoms with Gasteiger partial charge < -0.3 is 5.11 Å². The first-order valence-corrected chi connectivity index (χ1v) is 11.0. The smallest absolute Gasteiger partial charge is 0.332 e. The lowest BCUT2D eigenvalue weighted by atomic mass is 10.1. The molecule has 1 N–H and O–H groups in total. The topological polar surface area (TPSA) is 104 Å². The molecule has 0 aliphatic carbocycles. The zero-order valence-electron chi connectivity index (χ0n) is 18.5. The molecule has 3 heterocycles. The van der Waals surface area contributed by atoms with E-state index in [2.05, 4.69) is 4.98 Å². The van der Waals surface area contributed by atoms with Crippen molar-refractivity contribution in [1.82, 2.24) is 23.1 Å². The van der Waals surface area contributed by atoms with Gasteiger partial charge in [-0.15, -0.1) is 0 Å². The largest absolute Gasteiger partial charge is 0.494 e. The van der Waals surface area contributed by atoms with E-state index in [0.717, 1.165) is 16.6 Å². The maximum atomic E-state index is 13.4. The Morgan fingerprint density at radius 2 is 1.59 bits per heavy atom. The second-order valence-electron chi connectivity index (χ2n) is 7.78. The van der Waals surface area contributed by atoms with Gasteiger partial charge >= 0.3 is 5.69 Å². The molecule has 0 fully saturated rings. The van der Waals surface area contributed by atoms with E-state index in [4.69, 9.17) is 0 Å². The van der Waals surface area contributed by atoms with Gasteiger partial charge in [-0.1, -0.05) is 43.7 Å². The van der Waals surface area contributed by atoms with Gasteiger partial charge in [0.15, 0.2) is 11.2 Å². The summed E-state index contributed by atoms with van der Waals surface area (Å²) in [5, 5.41) is 11.1. The number of benzene rings is 1. The summed E-state index contributed by atoms with van der Waals surface area (Å²) >= 11 is 0. The van der Waals surface area contributed by atoms with Gasteiger partial charge in [-0.3, -0.25) is 23.3 Å². The molecule has 4 aromatic rings. The molecular formula is C23H27N5O4. The van der Waals surface area contributed by atoms with E-state index in [1.165, 1.54) is 13.5 Å². The summed E-state index contributed by atoms with van der Waals surface area (Å²) in [5.74, 6) is -0.148. The van der Waals surface area contributed by atoms with E-state index >= 15 is 0 Å². The van der Waals surface area contributed by atoms with Gasteiger partial charge in [0.2, 0.25) is 11.7 Å². The highest BCUT2D eigenvalue weighted by atomic mass is 16.3. The van der Waals surface area contributed by atoms with Gasteiger partial charge in [0.25, 0.3) is 11.1 Å². The van der Waals surface area contributed by atoms with E-state index < -0.39 is 11.2 Å². The minimum absolute atomic E-state index is 0.0976. The average Bonchev–Trinajstić information content (AvgIpc) is 3.19. The number of fused-ring (bicyclic) bond motifs is 3. The van der Waals surface area contributed by atoms with Crippen molar-refractivity contribution in [3.8, 4) is 5.88 Å². The van der Waals surface area contributed by atoms with Gasteiger partial charge in [-0.05, 0) is 32.3 Å². The fourth-order valence-electron chi connectivity index (χ4n) is 4.14. The van der Waals surface area contributed by atoms with Crippen LogP contribution in [-0.4, -0.2) is 28.2 Å². The molecule has 0 unspecified atom stereocenters. The summed E-state index contributed by atoms with van der Waals surface area (Å²) in [5.41, 5.74) is 0.0475. The number of imidazole rings is 1. The van der Waals surface area contributed by atoms with E-state index in [9.17, 15) is 19.5 Å². The van der Waals surface area contributed by atoms with Crippen LogP contribution in [0.5, 0.6) is 5.88 Å². The van der Waals surface area contributed by atoms with Crippen LogP contribution in [-0.2, 0) is 26.1 Å². The number of hydrogen-bond acceptors (Lipinski definition) is 5. The Labute approximate surface area is 183 Å². The molecule has 0 aliphatic rings. The molecule has 0 bridgehead atoms. The minimum atomic E-state index is -0.536. The normalized spacial score (nSPS) is 11.6. The minimum Gasteiger partial charge on any atom is -0.494 e. The lowest BCUT2D eigenvalue weighted by Crippen LogP contribution is -2.39. The molecule has 9 heteroatoms. The van der Waals surface area contributed by atoms with Crippen molar-refractivity contribution >= 4 is 16.9 Å². The Morgan fingerprint density at radius 1 is 0.906 bits per heavy atom. The summed E-state index contributed by atoms with van der Waals surface area (Å²) in [6.45, 7) is 6.23. The summed E-state index contributed by atoms with van der Waals surface area (Å²) in [4.78, 5) is 44.0. The van der Waals surface area contributed by atoms with Crippen molar-refractivity contribution < 1.29 is 5.11 Å². The number of rotatable bonds is 7. The molecule has 0 aliphatic heterocycles. The van der Waals surface area contributed by atoms with Crippen LogP contribution in [0.15, 0.2) is 44.7 Å². The van der Waals surface area contributed by atoms with Crippen LogP contribution in [0.4, 0.5) is 0 Å². The third kappa shape index (κ3) is 3.24. The van der Waals surface area contributed by atoms with E-state index in [1.807, 2.05) is 37.3 Å². The second-order valence-corrected chi connectivity index (χ2v) is 7.78. The molecule has 0 radical (unpaired) electrons. The Morgan fingerprint density at radius 3 is 2.22 bits per heavy atom. The fraction of sp³-hybridized carbons (Fsp3) is 0.391. The molecule has 0 saturated heterocycles. The molecule has 168 valence electrons. The van der Waals surface area contributed by atoms with Gasteiger partial charge in [0.05, 0.1) is 12.1 Å². The van der Waals surface area contributed by atoms with E-state index in [1.54, 1.807) is 13.8 Å². The first-order chi connectivity index (χ1) is 15.4. The first-order valence-electron chi connectivity index (χ1n) is 11.0. The van der Waals surface area contributed by atoms with Crippen LogP contribution in [0.25, 0.3) is 16.9 Å². The predicted octanol–water partition coefficient (Wildman–Crippen LogP) is 2.11. The lowest BCUT2D eigenvalue weighted by molar-refractivity contribution is 0.432. The molecular weight excluding hydrogens is 410 g/mol. The third-order valence-electron chi connectivity index (χ3n) is 5.83. The number of unbranched alkanes of at least 4 members (excludes halogenated alkanes) is 1. The summed E-state index contributed by atoms with van der Waals surface area (Å²) < 4.78 is 5.33. The van der Waals surface area contributed by atoms with Crippen molar-refractivity contribution in [2.24, 2.45) is 0 Å². The Bertz CT molecular complexity index is 1470.